The number of carbonyl (C=O) groups excluding carboxylic acids is 2. The van der Waals surface area contributed by atoms with Crippen LogP contribution in [0.15, 0.2) is 66.7 Å². The second-order valence-corrected chi connectivity index (χ2v) is 7.65. The Morgan fingerprint density at radius 3 is 2.54 bits per heavy atom. The Kier molecular flexibility index (Phi) is 4.63. The zero-order valence-electron chi connectivity index (χ0n) is 14.0. The maximum atomic E-state index is 12.6. The minimum absolute atomic E-state index is 0.0101. The fourth-order valence-electron chi connectivity index (χ4n) is 3.34. The molecule has 0 spiro atoms. The SMILES string of the molecule is O=C(Nc1ccc(I)cc1)[C@H]1CC(=O)N(c2cccc3ccccc23)C1. The van der Waals surface area contributed by atoms with Gasteiger partial charge in [-0.05, 0) is 58.3 Å². The van der Waals surface area contributed by atoms with Gasteiger partial charge >= 0.3 is 0 Å². The quantitative estimate of drug-likeness (QED) is 0.593. The number of halogens is 1. The van der Waals surface area contributed by atoms with Gasteiger partial charge in [0.25, 0.3) is 0 Å². The van der Waals surface area contributed by atoms with Gasteiger partial charge in [0.2, 0.25) is 11.8 Å². The number of fused-ring (bicyclic) bond motifs is 1. The fraction of sp³-hybridized carbons (Fsp3) is 0.143. The molecule has 0 unspecified atom stereocenters. The highest BCUT2D eigenvalue weighted by Gasteiger charge is 2.35. The molecule has 3 aromatic rings. The van der Waals surface area contributed by atoms with Crippen LogP contribution in [0.3, 0.4) is 0 Å². The zero-order chi connectivity index (χ0) is 18.1. The number of rotatable bonds is 3. The molecule has 0 aromatic heterocycles. The predicted molar refractivity (Wildman–Crippen MR) is 112 cm³/mol. The topological polar surface area (TPSA) is 49.4 Å². The summed E-state index contributed by atoms with van der Waals surface area (Å²) in [6.45, 7) is 0.406. The lowest BCUT2D eigenvalue weighted by Crippen LogP contribution is -2.28. The third kappa shape index (κ3) is 3.31. The smallest absolute Gasteiger partial charge is 0.229 e. The third-order valence-corrected chi connectivity index (χ3v) is 5.38. The average Bonchev–Trinajstić information content (AvgIpc) is 3.05. The second kappa shape index (κ2) is 7.07. The van der Waals surface area contributed by atoms with Crippen LogP contribution in [0.2, 0.25) is 0 Å². The fourth-order valence-corrected chi connectivity index (χ4v) is 3.70. The van der Waals surface area contributed by atoms with Crippen molar-refractivity contribution < 1.29 is 9.59 Å². The first-order valence-electron chi connectivity index (χ1n) is 8.46. The summed E-state index contributed by atoms with van der Waals surface area (Å²) in [6.07, 6.45) is 0.236. The van der Waals surface area contributed by atoms with Crippen molar-refractivity contribution in [3.05, 3.63) is 70.3 Å². The number of hydrogen-bond acceptors (Lipinski definition) is 2. The minimum atomic E-state index is -0.347. The molecule has 1 fully saturated rings. The lowest BCUT2D eigenvalue weighted by molar-refractivity contribution is -0.122. The van der Waals surface area contributed by atoms with Crippen molar-refractivity contribution in [3.63, 3.8) is 0 Å². The molecule has 1 aliphatic heterocycles. The molecule has 1 atom stereocenters. The Morgan fingerprint density at radius 1 is 1.00 bits per heavy atom. The van der Waals surface area contributed by atoms with E-state index >= 15 is 0 Å². The van der Waals surface area contributed by atoms with E-state index in [1.807, 2.05) is 66.7 Å². The van der Waals surface area contributed by atoms with E-state index in [1.54, 1.807) is 4.90 Å². The molecule has 1 heterocycles. The van der Waals surface area contributed by atoms with Crippen molar-refractivity contribution in [1.82, 2.24) is 0 Å². The molecule has 26 heavy (non-hydrogen) atoms. The van der Waals surface area contributed by atoms with Crippen LogP contribution in [-0.4, -0.2) is 18.4 Å². The Balaban J connectivity index is 1.55. The summed E-state index contributed by atoms with van der Waals surface area (Å²) in [5.74, 6) is -0.466. The van der Waals surface area contributed by atoms with Gasteiger partial charge in [-0.15, -0.1) is 0 Å². The van der Waals surface area contributed by atoms with Gasteiger partial charge in [-0.3, -0.25) is 9.59 Å². The van der Waals surface area contributed by atoms with Gasteiger partial charge in [0, 0.05) is 27.6 Å². The van der Waals surface area contributed by atoms with Crippen molar-refractivity contribution >= 4 is 56.6 Å². The highest BCUT2D eigenvalue weighted by Crippen LogP contribution is 2.32. The van der Waals surface area contributed by atoms with Crippen LogP contribution in [0.1, 0.15) is 6.42 Å². The van der Waals surface area contributed by atoms with E-state index in [9.17, 15) is 9.59 Å². The van der Waals surface area contributed by atoms with Crippen molar-refractivity contribution in [2.45, 2.75) is 6.42 Å². The average molecular weight is 456 g/mol. The lowest BCUT2D eigenvalue weighted by atomic mass is 10.1. The predicted octanol–water partition coefficient (Wildman–Crippen LogP) is 4.44. The second-order valence-electron chi connectivity index (χ2n) is 6.40. The Labute approximate surface area is 165 Å². The van der Waals surface area contributed by atoms with E-state index in [4.69, 9.17) is 0 Å². The number of nitrogens with one attached hydrogen (secondary N) is 1. The van der Waals surface area contributed by atoms with E-state index in [-0.39, 0.29) is 24.2 Å². The molecule has 1 aliphatic rings. The van der Waals surface area contributed by atoms with E-state index < -0.39 is 0 Å². The number of benzene rings is 3. The Hall–Kier alpha value is -2.41. The largest absolute Gasteiger partial charge is 0.326 e. The summed E-state index contributed by atoms with van der Waals surface area (Å²) in [7, 11) is 0. The van der Waals surface area contributed by atoms with Gasteiger partial charge in [-0.2, -0.15) is 0 Å². The van der Waals surface area contributed by atoms with Crippen molar-refractivity contribution in [3.8, 4) is 0 Å². The summed E-state index contributed by atoms with van der Waals surface area (Å²) in [6, 6.07) is 21.5. The molecule has 2 amide bonds. The van der Waals surface area contributed by atoms with Crippen LogP contribution in [0.5, 0.6) is 0 Å². The van der Waals surface area contributed by atoms with E-state index in [2.05, 4.69) is 27.9 Å². The number of anilines is 2. The molecule has 130 valence electrons. The molecule has 0 radical (unpaired) electrons. The molecule has 1 N–H and O–H groups in total. The maximum Gasteiger partial charge on any atom is 0.229 e. The summed E-state index contributed by atoms with van der Waals surface area (Å²) < 4.78 is 1.11. The van der Waals surface area contributed by atoms with Crippen LogP contribution in [0.25, 0.3) is 10.8 Å². The highest BCUT2D eigenvalue weighted by atomic mass is 127. The van der Waals surface area contributed by atoms with Gasteiger partial charge in [0.05, 0.1) is 11.6 Å². The van der Waals surface area contributed by atoms with Crippen LogP contribution in [-0.2, 0) is 9.59 Å². The van der Waals surface area contributed by atoms with Gasteiger partial charge < -0.3 is 10.2 Å². The third-order valence-electron chi connectivity index (χ3n) is 4.67. The highest BCUT2D eigenvalue weighted by molar-refractivity contribution is 14.1. The van der Waals surface area contributed by atoms with Crippen LogP contribution >= 0.6 is 22.6 Å². The Bertz CT molecular complexity index is 979. The summed E-state index contributed by atoms with van der Waals surface area (Å²) >= 11 is 2.22. The number of hydrogen-bond donors (Lipinski definition) is 1. The molecule has 4 nitrogen and oxygen atoms in total. The van der Waals surface area contributed by atoms with Gasteiger partial charge in [-0.1, -0.05) is 36.4 Å². The molecule has 3 aromatic carbocycles. The first-order valence-corrected chi connectivity index (χ1v) is 9.54. The number of carbonyl (C=O) groups is 2. The normalized spacial score (nSPS) is 16.9. The maximum absolute atomic E-state index is 12.6. The zero-order valence-corrected chi connectivity index (χ0v) is 16.1. The standard InChI is InChI=1S/C21H17IN2O2/c22-16-8-10-17(11-9-16)23-21(26)15-12-20(25)24(13-15)19-7-3-5-14-4-1-2-6-18(14)19/h1-11,15H,12-13H2,(H,23,26)/t15-/m0/s1. The van der Waals surface area contributed by atoms with Gasteiger partial charge in [0.1, 0.15) is 0 Å². The molecule has 4 rings (SSSR count). The molecule has 1 saturated heterocycles. The molecule has 0 saturated carbocycles. The van der Waals surface area contributed by atoms with Crippen molar-refractivity contribution in [1.29, 1.82) is 0 Å². The van der Waals surface area contributed by atoms with E-state index in [1.165, 1.54) is 0 Å². The van der Waals surface area contributed by atoms with E-state index in [0.717, 1.165) is 25.7 Å². The minimum Gasteiger partial charge on any atom is -0.326 e. The lowest BCUT2D eigenvalue weighted by Gasteiger charge is -2.19. The van der Waals surface area contributed by atoms with Crippen LogP contribution < -0.4 is 10.2 Å². The first-order chi connectivity index (χ1) is 12.6. The summed E-state index contributed by atoms with van der Waals surface area (Å²) in [5.41, 5.74) is 1.63. The molecule has 0 aliphatic carbocycles. The number of amides is 2. The monoisotopic (exact) mass is 456 g/mol. The molecule has 5 heteroatoms. The van der Waals surface area contributed by atoms with Gasteiger partial charge in [0.15, 0.2) is 0 Å². The van der Waals surface area contributed by atoms with Crippen LogP contribution in [0.4, 0.5) is 11.4 Å². The molecular weight excluding hydrogens is 439 g/mol. The van der Waals surface area contributed by atoms with Gasteiger partial charge in [-0.25, -0.2) is 0 Å². The van der Waals surface area contributed by atoms with E-state index in [0.29, 0.717) is 6.54 Å². The molecule has 0 bridgehead atoms. The summed E-state index contributed by atoms with van der Waals surface area (Å²) in [4.78, 5) is 26.9. The van der Waals surface area contributed by atoms with Crippen LogP contribution in [0, 0.1) is 9.49 Å². The van der Waals surface area contributed by atoms with Crippen molar-refractivity contribution in [2.75, 3.05) is 16.8 Å². The van der Waals surface area contributed by atoms with Crippen molar-refractivity contribution in [2.24, 2.45) is 5.92 Å². The molecular formula is C21H17IN2O2. The number of nitrogens with zero attached hydrogens (tertiary/aromatic N) is 1. The Morgan fingerprint density at radius 2 is 1.73 bits per heavy atom. The first kappa shape index (κ1) is 17.0. The summed E-state index contributed by atoms with van der Waals surface area (Å²) in [5, 5.41) is 5.04.